The summed E-state index contributed by atoms with van der Waals surface area (Å²) in [4.78, 5) is 10.8. The quantitative estimate of drug-likeness (QED) is 0.169. The van der Waals surface area contributed by atoms with Crippen LogP contribution in [0, 0.1) is 11.3 Å². The molecule has 5 nitrogen and oxygen atoms in total. The Morgan fingerprint density at radius 3 is 1.81 bits per heavy atom. The molecule has 58 heavy (non-hydrogen) atoms. The van der Waals surface area contributed by atoms with Gasteiger partial charge in [-0.05, 0) is 82.6 Å². The number of fused-ring (bicyclic) bond motifs is 10. The van der Waals surface area contributed by atoms with Crippen LogP contribution in [0.3, 0.4) is 0 Å². The summed E-state index contributed by atoms with van der Waals surface area (Å²) in [6.45, 7) is 0. The molecule has 0 aliphatic carbocycles. The predicted molar refractivity (Wildman–Crippen MR) is 239 cm³/mol. The topological polar surface area (TPSA) is 59.4 Å². The molecule has 9 aromatic carbocycles. The van der Waals surface area contributed by atoms with Crippen LogP contribution in [0.5, 0.6) is 0 Å². The first kappa shape index (κ1) is 32.2. The lowest BCUT2D eigenvalue weighted by atomic mass is 9.99. The minimum atomic E-state index is 0.613. The Kier molecular flexibility index (Phi) is 6.92. The van der Waals surface area contributed by atoms with Gasteiger partial charge in [0.1, 0.15) is 5.82 Å². The van der Waals surface area contributed by atoms with Crippen LogP contribution >= 0.6 is 0 Å². The van der Waals surface area contributed by atoms with Gasteiger partial charge in [0.05, 0.1) is 39.2 Å². The number of hydrogen-bond acceptors (Lipinski definition) is 3. The molecule has 0 aliphatic rings. The molecule has 0 fully saturated rings. The zero-order chi connectivity index (χ0) is 38.3. The van der Waals surface area contributed by atoms with E-state index in [-0.39, 0.29) is 0 Å². The molecular formula is C53H31N5. The minimum absolute atomic E-state index is 0.613. The maximum absolute atomic E-state index is 9.99. The van der Waals surface area contributed by atoms with Crippen LogP contribution in [0.15, 0.2) is 188 Å². The molecule has 268 valence electrons. The summed E-state index contributed by atoms with van der Waals surface area (Å²) >= 11 is 0. The van der Waals surface area contributed by atoms with E-state index in [9.17, 15) is 5.26 Å². The highest BCUT2D eigenvalue weighted by Gasteiger charge is 2.21. The third kappa shape index (κ3) is 4.70. The van der Waals surface area contributed by atoms with Crippen LogP contribution in [-0.2, 0) is 0 Å². The Morgan fingerprint density at radius 2 is 1.00 bits per heavy atom. The fraction of sp³-hybridized carbons (Fsp3) is 0. The van der Waals surface area contributed by atoms with E-state index in [0.717, 1.165) is 82.4 Å². The lowest BCUT2D eigenvalue weighted by Gasteiger charge is -2.15. The third-order valence-corrected chi connectivity index (χ3v) is 11.8. The van der Waals surface area contributed by atoms with Gasteiger partial charge in [-0.15, -0.1) is 0 Å². The summed E-state index contributed by atoms with van der Waals surface area (Å²) in [7, 11) is 0. The van der Waals surface area contributed by atoms with Gasteiger partial charge < -0.3 is 4.57 Å². The van der Waals surface area contributed by atoms with Crippen molar-refractivity contribution >= 4 is 76.1 Å². The SMILES string of the molecule is N#Cc1ccc(-c2nc(-n3c4ccccc4c4ccc(-c5ccc6c(c5)c5ccccc5n6-c5ccccc5)cc43)c3ccc4ccccc4c3n2)c2ccccc12. The number of aromatic nitrogens is 4. The molecule has 3 heterocycles. The molecule has 0 saturated heterocycles. The lowest BCUT2D eigenvalue weighted by molar-refractivity contribution is 1.08. The Morgan fingerprint density at radius 1 is 0.397 bits per heavy atom. The molecule has 0 saturated carbocycles. The maximum Gasteiger partial charge on any atom is 0.162 e. The van der Waals surface area contributed by atoms with Gasteiger partial charge in [0, 0.05) is 49.0 Å². The number of rotatable bonds is 4. The number of nitriles is 1. The van der Waals surface area contributed by atoms with Crippen molar-refractivity contribution in [2.24, 2.45) is 0 Å². The van der Waals surface area contributed by atoms with E-state index in [1.807, 2.05) is 30.3 Å². The van der Waals surface area contributed by atoms with Crippen LogP contribution in [0.1, 0.15) is 5.56 Å². The Balaban J connectivity index is 1.14. The van der Waals surface area contributed by atoms with E-state index in [2.05, 4.69) is 173 Å². The molecule has 0 spiro atoms. The van der Waals surface area contributed by atoms with Crippen LogP contribution in [0.2, 0.25) is 0 Å². The average molecular weight is 738 g/mol. The van der Waals surface area contributed by atoms with Crippen LogP contribution in [0.25, 0.3) is 110 Å². The molecule has 0 unspecified atom stereocenters. The van der Waals surface area contributed by atoms with Gasteiger partial charge >= 0.3 is 0 Å². The van der Waals surface area contributed by atoms with Crippen molar-refractivity contribution in [3.05, 3.63) is 194 Å². The van der Waals surface area contributed by atoms with Crippen molar-refractivity contribution in [1.29, 1.82) is 5.26 Å². The first-order chi connectivity index (χ1) is 28.7. The van der Waals surface area contributed by atoms with E-state index >= 15 is 0 Å². The van der Waals surface area contributed by atoms with E-state index in [1.54, 1.807) is 0 Å². The normalized spacial score (nSPS) is 11.8. The average Bonchev–Trinajstić information content (AvgIpc) is 3.80. The zero-order valence-electron chi connectivity index (χ0n) is 31.1. The minimum Gasteiger partial charge on any atom is -0.309 e. The third-order valence-electron chi connectivity index (χ3n) is 11.8. The molecule has 5 heteroatoms. The molecule has 0 amide bonds. The maximum atomic E-state index is 9.99. The smallest absolute Gasteiger partial charge is 0.162 e. The van der Waals surface area contributed by atoms with Crippen molar-refractivity contribution in [3.63, 3.8) is 0 Å². The van der Waals surface area contributed by atoms with Gasteiger partial charge in [0.15, 0.2) is 5.82 Å². The first-order valence-corrected chi connectivity index (χ1v) is 19.5. The van der Waals surface area contributed by atoms with E-state index in [0.29, 0.717) is 11.4 Å². The first-order valence-electron chi connectivity index (χ1n) is 19.5. The van der Waals surface area contributed by atoms with Crippen molar-refractivity contribution < 1.29 is 0 Å². The molecule has 0 N–H and O–H groups in total. The van der Waals surface area contributed by atoms with E-state index < -0.39 is 0 Å². The van der Waals surface area contributed by atoms with E-state index in [1.165, 1.54) is 21.8 Å². The Labute approximate surface area is 332 Å². The van der Waals surface area contributed by atoms with Crippen molar-refractivity contribution in [1.82, 2.24) is 19.1 Å². The lowest BCUT2D eigenvalue weighted by Crippen LogP contribution is -2.03. The second-order valence-electron chi connectivity index (χ2n) is 14.9. The molecule has 3 aromatic heterocycles. The standard InChI is InChI=1S/C53H31N5/c54-32-36-24-27-44(40-17-7-6-15-38(36)40)52-55-51-39-16-5-4-12-33(39)22-28-45(51)53(56-52)58-48-21-11-8-18-41(48)43-26-23-35(31-50(43)58)34-25-29-49-46(30-34)42-19-9-10-20-47(42)57(49)37-13-2-1-3-14-37/h1-31H. The van der Waals surface area contributed by atoms with Gasteiger partial charge in [0.25, 0.3) is 0 Å². The highest BCUT2D eigenvalue weighted by molar-refractivity contribution is 6.14. The van der Waals surface area contributed by atoms with Gasteiger partial charge in [0.2, 0.25) is 0 Å². The van der Waals surface area contributed by atoms with Gasteiger partial charge in [-0.25, -0.2) is 9.97 Å². The summed E-state index contributed by atoms with van der Waals surface area (Å²) in [6, 6.07) is 68.5. The van der Waals surface area contributed by atoms with Crippen molar-refractivity contribution in [3.8, 4) is 40.1 Å². The Hall–Kier alpha value is -8.07. The Bertz CT molecular complexity index is 3700. The molecule has 0 aliphatic heterocycles. The molecule has 0 atom stereocenters. The van der Waals surface area contributed by atoms with Gasteiger partial charge in [-0.1, -0.05) is 127 Å². The zero-order valence-corrected chi connectivity index (χ0v) is 31.1. The summed E-state index contributed by atoms with van der Waals surface area (Å²) < 4.78 is 4.68. The monoisotopic (exact) mass is 737 g/mol. The highest BCUT2D eigenvalue weighted by Crippen LogP contribution is 2.40. The highest BCUT2D eigenvalue weighted by atomic mass is 15.1. The molecule has 12 rings (SSSR count). The molecule has 0 bridgehead atoms. The van der Waals surface area contributed by atoms with Crippen LogP contribution in [-0.4, -0.2) is 19.1 Å². The van der Waals surface area contributed by atoms with Crippen molar-refractivity contribution in [2.45, 2.75) is 0 Å². The second kappa shape index (κ2) is 12.5. The number of nitrogens with zero attached hydrogens (tertiary/aromatic N) is 5. The predicted octanol–water partition coefficient (Wildman–Crippen LogP) is 13.3. The summed E-state index contributed by atoms with van der Waals surface area (Å²) in [6.07, 6.45) is 0. The van der Waals surface area contributed by atoms with Crippen molar-refractivity contribution in [2.75, 3.05) is 0 Å². The fourth-order valence-electron chi connectivity index (χ4n) is 9.12. The van der Waals surface area contributed by atoms with Crippen LogP contribution in [0.4, 0.5) is 0 Å². The molecule has 0 radical (unpaired) electrons. The van der Waals surface area contributed by atoms with Crippen LogP contribution < -0.4 is 0 Å². The number of para-hydroxylation sites is 3. The van der Waals surface area contributed by atoms with Gasteiger partial charge in [-0.3, -0.25) is 4.57 Å². The fourth-order valence-corrected chi connectivity index (χ4v) is 9.12. The summed E-state index contributed by atoms with van der Waals surface area (Å²) in [5.74, 6) is 1.42. The molecular weight excluding hydrogens is 707 g/mol. The second-order valence-corrected chi connectivity index (χ2v) is 14.9. The van der Waals surface area contributed by atoms with Gasteiger partial charge in [-0.2, -0.15) is 5.26 Å². The largest absolute Gasteiger partial charge is 0.309 e. The number of hydrogen-bond donors (Lipinski definition) is 0. The molecule has 12 aromatic rings. The summed E-state index contributed by atoms with van der Waals surface area (Å²) in [5.41, 5.74) is 10.3. The van der Waals surface area contributed by atoms with E-state index in [4.69, 9.17) is 9.97 Å². The number of benzene rings is 9. The summed E-state index contributed by atoms with van der Waals surface area (Å²) in [5, 5.41) is 19.7.